The van der Waals surface area contributed by atoms with E-state index in [1.165, 1.54) is 6.92 Å². The molecule has 25 heavy (non-hydrogen) atoms. The first kappa shape index (κ1) is 16.3. The van der Waals surface area contributed by atoms with E-state index in [2.05, 4.69) is 27.5 Å². The van der Waals surface area contributed by atoms with E-state index in [0.29, 0.717) is 5.56 Å². The summed E-state index contributed by atoms with van der Waals surface area (Å²) in [5, 5.41) is 6.48. The van der Waals surface area contributed by atoms with Gasteiger partial charge in [0, 0.05) is 40.8 Å². The molecule has 0 aliphatic rings. The number of amides is 2. The van der Waals surface area contributed by atoms with Gasteiger partial charge >= 0.3 is 0 Å². The van der Waals surface area contributed by atoms with Crippen LogP contribution < -0.4 is 10.6 Å². The fourth-order valence-electron chi connectivity index (χ4n) is 2.41. The van der Waals surface area contributed by atoms with Crippen molar-refractivity contribution in [2.75, 3.05) is 11.9 Å². The summed E-state index contributed by atoms with van der Waals surface area (Å²) in [6, 6.07) is 14.6. The standard InChI is InChI=1S/C20H17N3O2/c1-14(24)23-18-7-4-15(5-8-18)3-2-11-22-20(25)17-6-9-19-16(13-17)10-12-21-19/h4-10,12-13,21H,11H2,1H3,(H,22,25)(H,23,24). The average molecular weight is 331 g/mol. The van der Waals surface area contributed by atoms with Crippen molar-refractivity contribution in [3.05, 3.63) is 65.9 Å². The molecule has 0 unspecified atom stereocenters. The molecule has 2 aromatic carbocycles. The lowest BCUT2D eigenvalue weighted by Gasteiger charge is -2.02. The number of benzene rings is 2. The molecule has 0 atom stereocenters. The molecular weight excluding hydrogens is 314 g/mol. The Morgan fingerprint density at radius 1 is 1.08 bits per heavy atom. The maximum Gasteiger partial charge on any atom is 0.252 e. The van der Waals surface area contributed by atoms with Gasteiger partial charge in [0.2, 0.25) is 5.91 Å². The van der Waals surface area contributed by atoms with Gasteiger partial charge in [-0.2, -0.15) is 0 Å². The maximum absolute atomic E-state index is 12.1. The average Bonchev–Trinajstić information content (AvgIpc) is 3.07. The number of hydrogen-bond donors (Lipinski definition) is 3. The smallest absolute Gasteiger partial charge is 0.252 e. The van der Waals surface area contributed by atoms with E-state index in [9.17, 15) is 9.59 Å². The van der Waals surface area contributed by atoms with E-state index in [1.54, 1.807) is 18.2 Å². The number of hydrogen-bond acceptors (Lipinski definition) is 2. The molecule has 0 bridgehead atoms. The first-order chi connectivity index (χ1) is 12.1. The van der Waals surface area contributed by atoms with E-state index in [4.69, 9.17) is 0 Å². The van der Waals surface area contributed by atoms with Crippen molar-refractivity contribution in [3.63, 3.8) is 0 Å². The van der Waals surface area contributed by atoms with Gasteiger partial charge in [-0.05, 0) is 48.5 Å². The van der Waals surface area contributed by atoms with E-state index in [-0.39, 0.29) is 18.4 Å². The van der Waals surface area contributed by atoms with Crippen LogP contribution in [0.5, 0.6) is 0 Å². The van der Waals surface area contributed by atoms with Gasteiger partial charge < -0.3 is 15.6 Å². The van der Waals surface area contributed by atoms with Crippen molar-refractivity contribution in [2.45, 2.75) is 6.92 Å². The fourth-order valence-corrected chi connectivity index (χ4v) is 2.41. The first-order valence-corrected chi connectivity index (χ1v) is 7.84. The molecule has 0 aliphatic heterocycles. The van der Waals surface area contributed by atoms with Gasteiger partial charge in [-0.1, -0.05) is 11.8 Å². The van der Waals surface area contributed by atoms with Gasteiger partial charge in [0.25, 0.3) is 5.91 Å². The highest BCUT2D eigenvalue weighted by molar-refractivity contribution is 5.98. The number of aromatic amines is 1. The van der Waals surface area contributed by atoms with Crippen LogP contribution in [0.25, 0.3) is 10.9 Å². The molecule has 1 heterocycles. The summed E-state index contributed by atoms with van der Waals surface area (Å²) in [7, 11) is 0. The van der Waals surface area contributed by atoms with Crippen molar-refractivity contribution in [2.24, 2.45) is 0 Å². The molecule has 0 fully saturated rings. The molecular formula is C20H17N3O2. The molecule has 5 nitrogen and oxygen atoms in total. The summed E-state index contributed by atoms with van der Waals surface area (Å²) in [5.41, 5.74) is 3.15. The largest absolute Gasteiger partial charge is 0.361 e. The van der Waals surface area contributed by atoms with Crippen molar-refractivity contribution in [3.8, 4) is 11.8 Å². The number of carbonyl (C=O) groups is 2. The number of nitrogens with one attached hydrogen (secondary N) is 3. The number of H-pyrrole nitrogens is 1. The topological polar surface area (TPSA) is 74.0 Å². The van der Waals surface area contributed by atoms with E-state index in [1.807, 2.05) is 36.5 Å². The molecule has 1 aromatic heterocycles. The van der Waals surface area contributed by atoms with E-state index in [0.717, 1.165) is 22.2 Å². The number of aromatic nitrogens is 1. The van der Waals surface area contributed by atoms with Crippen molar-refractivity contribution >= 4 is 28.4 Å². The summed E-state index contributed by atoms with van der Waals surface area (Å²) in [5.74, 6) is 5.63. The molecule has 3 aromatic rings. The molecule has 0 spiro atoms. The number of rotatable bonds is 3. The molecule has 2 amide bonds. The molecule has 5 heteroatoms. The number of fused-ring (bicyclic) bond motifs is 1. The Hall–Kier alpha value is -3.52. The third-order valence-electron chi connectivity index (χ3n) is 3.59. The number of anilines is 1. The molecule has 0 saturated carbocycles. The second-order valence-electron chi connectivity index (χ2n) is 5.52. The Morgan fingerprint density at radius 2 is 1.88 bits per heavy atom. The Kier molecular flexibility index (Phi) is 4.82. The van der Waals surface area contributed by atoms with Crippen LogP contribution in [-0.2, 0) is 4.79 Å². The third kappa shape index (κ3) is 4.27. The van der Waals surface area contributed by atoms with Crippen molar-refractivity contribution in [1.29, 1.82) is 0 Å². The van der Waals surface area contributed by atoms with Crippen LogP contribution in [0.4, 0.5) is 5.69 Å². The quantitative estimate of drug-likeness (QED) is 0.646. The zero-order valence-corrected chi connectivity index (χ0v) is 13.7. The van der Waals surface area contributed by atoms with Gasteiger partial charge in [0.15, 0.2) is 0 Å². The van der Waals surface area contributed by atoms with Gasteiger partial charge in [-0.25, -0.2) is 0 Å². The Balaban J connectivity index is 1.56. The van der Waals surface area contributed by atoms with Gasteiger partial charge in [-0.3, -0.25) is 9.59 Å². The molecule has 3 rings (SSSR count). The highest BCUT2D eigenvalue weighted by Crippen LogP contribution is 2.14. The Labute approximate surface area is 145 Å². The van der Waals surface area contributed by atoms with Crippen LogP contribution >= 0.6 is 0 Å². The summed E-state index contributed by atoms with van der Waals surface area (Å²) in [4.78, 5) is 26.2. The molecule has 0 radical (unpaired) electrons. The predicted molar refractivity (Wildman–Crippen MR) is 98.3 cm³/mol. The molecule has 0 saturated heterocycles. The summed E-state index contributed by atoms with van der Waals surface area (Å²) in [6.07, 6.45) is 1.84. The number of carbonyl (C=O) groups excluding carboxylic acids is 2. The summed E-state index contributed by atoms with van der Waals surface area (Å²) in [6.45, 7) is 1.72. The van der Waals surface area contributed by atoms with Crippen molar-refractivity contribution in [1.82, 2.24) is 10.3 Å². The molecule has 3 N–H and O–H groups in total. The van der Waals surface area contributed by atoms with Crippen LogP contribution in [0.1, 0.15) is 22.8 Å². The highest BCUT2D eigenvalue weighted by Gasteiger charge is 2.05. The SMILES string of the molecule is CC(=O)Nc1ccc(C#CCNC(=O)c2ccc3[nH]ccc3c2)cc1. The van der Waals surface area contributed by atoms with Gasteiger partial charge in [0.1, 0.15) is 0 Å². The lowest BCUT2D eigenvalue weighted by atomic mass is 10.1. The van der Waals surface area contributed by atoms with E-state index < -0.39 is 0 Å². The Morgan fingerprint density at radius 3 is 2.64 bits per heavy atom. The van der Waals surface area contributed by atoms with Crippen LogP contribution in [0.2, 0.25) is 0 Å². The van der Waals surface area contributed by atoms with Gasteiger partial charge in [0.05, 0.1) is 6.54 Å². The summed E-state index contributed by atoms with van der Waals surface area (Å²) >= 11 is 0. The molecule has 124 valence electrons. The molecule has 0 aliphatic carbocycles. The minimum Gasteiger partial charge on any atom is -0.361 e. The monoisotopic (exact) mass is 331 g/mol. The lowest BCUT2D eigenvalue weighted by molar-refractivity contribution is -0.114. The van der Waals surface area contributed by atoms with Crippen LogP contribution in [0, 0.1) is 11.8 Å². The fraction of sp³-hybridized carbons (Fsp3) is 0.100. The van der Waals surface area contributed by atoms with Crippen LogP contribution in [0.3, 0.4) is 0 Å². The zero-order valence-electron chi connectivity index (χ0n) is 13.7. The van der Waals surface area contributed by atoms with Crippen LogP contribution in [0.15, 0.2) is 54.7 Å². The third-order valence-corrected chi connectivity index (χ3v) is 3.59. The van der Waals surface area contributed by atoms with Crippen molar-refractivity contribution < 1.29 is 9.59 Å². The zero-order chi connectivity index (χ0) is 17.6. The minimum atomic E-state index is -0.154. The lowest BCUT2D eigenvalue weighted by Crippen LogP contribution is -2.23. The first-order valence-electron chi connectivity index (χ1n) is 7.84. The predicted octanol–water partition coefficient (Wildman–Crippen LogP) is 2.91. The van der Waals surface area contributed by atoms with Gasteiger partial charge in [-0.15, -0.1) is 0 Å². The Bertz CT molecular complexity index is 975. The minimum absolute atomic E-state index is 0.112. The second-order valence-corrected chi connectivity index (χ2v) is 5.52. The van der Waals surface area contributed by atoms with Crippen LogP contribution in [-0.4, -0.2) is 23.3 Å². The van der Waals surface area contributed by atoms with E-state index >= 15 is 0 Å². The normalized spacial score (nSPS) is 9.96. The second kappa shape index (κ2) is 7.37. The summed E-state index contributed by atoms with van der Waals surface area (Å²) < 4.78 is 0. The maximum atomic E-state index is 12.1. The highest BCUT2D eigenvalue weighted by atomic mass is 16.2.